The molecular formula is C9F9N3. The summed E-state index contributed by atoms with van der Waals surface area (Å²) in [6, 6.07) is 0. The van der Waals surface area contributed by atoms with Crippen molar-refractivity contribution in [3.63, 3.8) is 0 Å². The second-order valence-corrected chi connectivity index (χ2v) is 3.03. The molecule has 0 bridgehead atoms. The van der Waals surface area contributed by atoms with Crippen molar-refractivity contribution in [1.82, 2.24) is 15.0 Å². The van der Waals surface area contributed by atoms with Crippen LogP contribution in [0.25, 0.3) is 17.5 Å². The largest absolute Gasteiger partial charge is 0.309 e. The standard InChI is InChI=1S/C9F9N3/c10-1(4(13)14)7-19-8(2(11)5(15)16)21-9(20-7)3(12)6(17)18. The van der Waals surface area contributed by atoms with Crippen LogP contribution in [0, 0.1) is 0 Å². The molecule has 0 unspecified atom stereocenters. The topological polar surface area (TPSA) is 38.7 Å². The van der Waals surface area contributed by atoms with Crippen LogP contribution >= 0.6 is 0 Å². The van der Waals surface area contributed by atoms with Crippen molar-refractivity contribution in [2.24, 2.45) is 0 Å². The second kappa shape index (κ2) is 6.37. The Kier molecular flexibility index (Phi) is 5.05. The van der Waals surface area contributed by atoms with Gasteiger partial charge in [0.05, 0.1) is 0 Å². The fourth-order valence-electron chi connectivity index (χ4n) is 0.924. The molecule has 0 aliphatic rings. The average molecular weight is 321 g/mol. The number of nitrogens with zero attached hydrogens (tertiary/aromatic N) is 3. The number of hydrogen-bond donors (Lipinski definition) is 0. The monoisotopic (exact) mass is 321 g/mol. The third-order valence-corrected chi connectivity index (χ3v) is 1.72. The molecule has 0 atom stereocenters. The molecule has 0 aliphatic carbocycles. The Bertz CT molecular complexity index is 550. The molecule has 12 heteroatoms. The summed E-state index contributed by atoms with van der Waals surface area (Å²) in [5.41, 5.74) is 0. The molecule has 1 aromatic heterocycles. The maximum Gasteiger partial charge on any atom is 0.309 e. The van der Waals surface area contributed by atoms with Crippen molar-refractivity contribution < 1.29 is 39.5 Å². The molecular weight excluding hydrogens is 321 g/mol. The van der Waals surface area contributed by atoms with E-state index in [1.54, 1.807) is 0 Å². The third-order valence-electron chi connectivity index (χ3n) is 1.72. The van der Waals surface area contributed by atoms with Crippen molar-refractivity contribution in [3.05, 3.63) is 35.7 Å². The number of rotatable bonds is 3. The van der Waals surface area contributed by atoms with Crippen molar-refractivity contribution in [2.45, 2.75) is 0 Å². The minimum absolute atomic E-state index is 1.79. The maximum absolute atomic E-state index is 12.9. The van der Waals surface area contributed by atoms with E-state index >= 15 is 0 Å². The quantitative estimate of drug-likeness (QED) is 0.771. The van der Waals surface area contributed by atoms with Gasteiger partial charge in [-0.25, -0.2) is 15.0 Å². The zero-order chi connectivity index (χ0) is 16.3. The van der Waals surface area contributed by atoms with Gasteiger partial charge < -0.3 is 0 Å². The van der Waals surface area contributed by atoms with Gasteiger partial charge in [0.15, 0.2) is 17.5 Å². The van der Waals surface area contributed by atoms with Gasteiger partial charge in [0, 0.05) is 0 Å². The molecule has 3 nitrogen and oxygen atoms in total. The van der Waals surface area contributed by atoms with E-state index in [4.69, 9.17) is 0 Å². The summed E-state index contributed by atoms with van der Waals surface area (Å²) < 4.78 is 111. The summed E-state index contributed by atoms with van der Waals surface area (Å²) in [6.07, 6.45) is -9.19. The molecule has 0 amide bonds. The molecule has 0 saturated carbocycles. The molecule has 114 valence electrons. The Balaban J connectivity index is 3.67. The predicted molar refractivity (Wildman–Crippen MR) is 50.6 cm³/mol. The minimum atomic E-state index is -3.06. The van der Waals surface area contributed by atoms with Crippen molar-refractivity contribution >= 4 is 17.5 Å². The van der Waals surface area contributed by atoms with Crippen LogP contribution in [0.3, 0.4) is 0 Å². The highest BCUT2D eigenvalue weighted by molar-refractivity contribution is 5.61. The molecule has 0 fully saturated rings. The molecule has 1 heterocycles. The van der Waals surface area contributed by atoms with Crippen molar-refractivity contribution in [1.29, 1.82) is 0 Å². The molecule has 0 saturated heterocycles. The highest BCUT2D eigenvalue weighted by Crippen LogP contribution is 2.26. The molecule has 21 heavy (non-hydrogen) atoms. The molecule has 1 rings (SSSR count). The summed E-state index contributed by atoms with van der Waals surface area (Å²) in [5, 5.41) is 0. The predicted octanol–water partition coefficient (Wildman–Crippen LogP) is 4.48. The summed E-state index contributed by atoms with van der Waals surface area (Å²) >= 11 is 0. The van der Waals surface area contributed by atoms with Crippen LogP contribution in [0.1, 0.15) is 17.5 Å². The number of halogens is 9. The van der Waals surface area contributed by atoms with Crippen LogP contribution in [0.4, 0.5) is 39.5 Å². The third kappa shape index (κ3) is 3.79. The molecule has 0 N–H and O–H groups in total. The van der Waals surface area contributed by atoms with Gasteiger partial charge in [-0.05, 0) is 0 Å². The fraction of sp³-hybridized carbons (Fsp3) is 0. The van der Waals surface area contributed by atoms with E-state index in [0.717, 1.165) is 0 Å². The summed E-state index contributed by atoms with van der Waals surface area (Å²) in [6.45, 7) is 0. The van der Waals surface area contributed by atoms with Crippen LogP contribution in [0.15, 0.2) is 18.2 Å². The van der Waals surface area contributed by atoms with Gasteiger partial charge in [0.2, 0.25) is 17.5 Å². The fourth-order valence-corrected chi connectivity index (χ4v) is 0.924. The summed E-state index contributed by atoms with van der Waals surface area (Å²) in [5.74, 6) is -13.0. The highest BCUT2D eigenvalue weighted by Gasteiger charge is 2.23. The summed E-state index contributed by atoms with van der Waals surface area (Å²) in [7, 11) is 0. The minimum Gasteiger partial charge on any atom is -0.203 e. The number of aromatic nitrogens is 3. The lowest BCUT2D eigenvalue weighted by Gasteiger charge is -2.02. The van der Waals surface area contributed by atoms with Gasteiger partial charge in [-0.15, -0.1) is 0 Å². The van der Waals surface area contributed by atoms with Crippen molar-refractivity contribution in [3.8, 4) is 0 Å². The lowest BCUT2D eigenvalue weighted by molar-refractivity contribution is 0.406. The molecule has 0 aliphatic heterocycles. The maximum atomic E-state index is 12.9. The first-order valence-corrected chi connectivity index (χ1v) is 4.54. The van der Waals surface area contributed by atoms with Gasteiger partial charge >= 0.3 is 18.2 Å². The Morgan fingerprint density at radius 3 is 0.762 bits per heavy atom. The average Bonchev–Trinajstić information content (AvgIpc) is 2.43. The Morgan fingerprint density at radius 1 is 0.429 bits per heavy atom. The molecule has 0 radical (unpaired) electrons. The van der Waals surface area contributed by atoms with Crippen LogP contribution in [-0.4, -0.2) is 15.0 Å². The van der Waals surface area contributed by atoms with Crippen LogP contribution in [0.2, 0.25) is 0 Å². The van der Waals surface area contributed by atoms with Crippen LogP contribution in [0.5, 0.6) is 0 Å². The number of hydrogen-bond acceptors (Lipinski definition) is 3. The van der Waals surface area contributed by atoms with E-state index in [1.165, 1.54) is 0 Å². The highest BCUT2D eigenvalue weighted by atomic mass is 19.3. The lowest BCUT2D eigenvalue weighted by atomic mass is 10.4. The van der Waals surface area contributed by atoms with E-state index in [1.807, 2.05) is 0 Å². The first-order valence-electron chi connectivity index (χ1n) is 4.54. The van der Waals surface area contributed by atoms with Crippen LogP contribution < -0.4 is 0 Å². The van der Waals surface area contributed by atoms with Gasteiger partial charge in [-0.2, -0.15) is 39.5 Å². The van der Waals surface area contributed by atoms with E-state index in [-0.39, 0.29) is 0 Å². The zero-order valence-electron chi connectivity index (χ0n) is 9.24. The smallest absolute Gasteiger partial charge is 0.203 e. The Morgan fingerprint density at radius 2 is 0.619 bits per heavy atom. The van der Waals surface area contributed by atoms with Gasteiger partial charge in [0.1, 0.15) is 0 Å². The molecule has 0 aromatic carbocycles. The van der Waals surface area contributed by atoms with Gasteiger partial charge in [-0.3, -0.25) is 0 Å². The van der Waals surface area contributed by atoms with E-state index < -0.39 is 53.2 Å². The molecule has 0 spiro atoms. The van der Waals surface area contributed by atoms with E-state index in [9.17, 15) is 39.5 Å². The molecule has 1 aromatic rings. The second-order valence-electron chi connectivity index (χ2n) is 3.03. The Labute approximate surface area is 109 Å². The van der Waals surface area contributed by atoms with Crippen LogP contribution in [-0.2, 0) is 0 Å². The SMILES string of the molecule is FC(F)=C(F)c1nc(C(F)=C(F)F)nc(C(F)=C(F)F)n1. The van der Waals surface area contributed by atoms with Gasteiger partial charge in [0.25, 0.3) is 0 Å². The Hall–Kier alpha value is -2.40. The summed E-state index contributed by atoms with van der Waals surface area (Å²) in [4.78, 5) is 7.61. The zero-order valence-corrected chi connectivity index (χ0v) is 9.24. The lowest BCUT2D eigenvalue weighted by Crippen LogP contribution is -2.05. The van der Waals surface area contributed by atoms with E-state index in [0.29, 0.717) is 0 Å². The van der Waals surface area contributed by atoms with Crippen molar-refractivity contribution in [2.75, 3.05) is 0 Å². The van der Waals surface area contributed by atoms with Gasteiger partial charge in [-0.1, -0.05) is 0 Å². The van der Waals surface area contributed by atoms with E-state index in [2.05, 4.69) is 15.0 Å². The normalized spacial score (nSPS) is 10.1. The first kappa shape index (κ1) is 16.7. The first-order chi connectivity index (χ1) is 9.65.